The molecular formula is C18H34N2O. The van der Waals surface area contributed by atoms with Gasteiger partial charge in [-0.3, -0.25) is 0 Å². The van der Waals surface area contributed by atoms with Crippen molar-refractivity contribution < 1.29 is 4.74 Å². The maximum absolute atomic E-state index is 5.88. The minimum absolute atomic E-state index is 0.0592. The van der Waals surface area contributed by atoms with Crippen LogP contribution in [0.25, 0.3) is 0 Å². The van der Waals surface area contributed by atoms with E-state index in [1.807, 2.05) is 0 Å². The lowest BCUT2D eigenvalue weighted by atomic mass is 9.72. The highest BCUT2D eigenvalue weighted by Crippen LogP contribution is 2.37. The summed E-state index contributed by atoms with van der Waals surface area (Å²) in [6.45, 7) is 12.7. The molecule has 122 valence electrons. The second-order valence-corrected chi connectivity index (χ2v) is 8.49. The summed E-state index contributed by atoms with van der Waals surface area (Å²) in [6.07, 6.45) is 6.64. The van der Waals surface area contributed by atoms with E-state index in [4.69, 9.17) is 4.74 Å². The number of hydrogen-bond acceptors (Lipinski definition) is 3. The molecule has 0 spiro atoms. The molecule has 3 atom stereocenters. The van der Waals surface area contributed by atoms with E-state index in [2.05, 4.69) is 37.9 Å². The van der Waals surface area contributed by atoms with Crippen molar-refractivity contribution in [3.8, 4) is 0 Å². The first-order valence-corrected chi connectivity index (χ1v) is 9.09. The van der Waals surface area contributed by atoms with Gasteiger partial charge in [-0.15, -0.1) is 0 Å². The standard InChI is InChI=1S/C18H34N2O/c1-13(2)20-11-14-6-5-7-15(12-20)17(14)19-16-8-9-21-18(3,4)10-16/h13-17,19H,5-12H2,1-4H3. The Morgan fingerprint density at radius 3 is 2.33 bits per heavy atom. The smallest absolute Gasteiger partial charge is 0.0641 e. The van der Waals surface area contributed by atoms with E-state index in [1.165, 1.54) is 38.8 Å². The summed E-state index contributed by atoms with van der Waals surface area (Å²) in [4.78, 5) is 2.71. The van der Waals surface area contributed by atoms with Gasteiger partial charge in [-0.1, -0.05) is 6.42 Å². The SMILES string of the molecule is CC(C)N1CC2CCCC(C1)C2NC1CCOC(C)(C)C1. The van der Waals surface area contributed by atoms with Crippen molar-refractivity contribution >= 4 is 0 Å². The number of fused-ring (bicyclic) bond motifs is 2. The molecule has 0 radical (unpaired) electrons. The van der Waals surface area contributed by atoms with E-state index in [-0.39, 0.29) is 5.60 Å². The Balaban J connectivity index is 1.63. The average molecular weight is 294 g/mol. The summed E-state index contributed by atoms with van der Waals surface area (Å²) in [5.41, 5.74) is 0.0592. The molecule has 3 aliphatic rings. The average Bonchev–Trinajstić information content (AvgIpc) is 2.36. The van der Waals surface area contributed by atoms with Crippen LogP contribution in [0, 0.1) is 11.8 Å². The lowest BCUT2D eigenvalue weighted by molar-refractivity contribution is -0.0703. The van der Waals surface area contributed by atoms with Crippen LogP contribution in [-0.4, -0.2) is 48.3 Å². The van der Waals surface area contributed by atoms with E-state index < -0.39 is 0 Å². The van der Waals surface area contributed by atoms with Crippen LogP contribution in [0.3, 0.4) is 0 Å². The fourth-order valence-corrected chi connectivity index (χ4v) is 4.81. The molecule has 21 heavy (non-hydrogen) atoms. The largest absolute Gasteiger partial charge is 0.375 e. The zero-order chi connectivity index (χ0) is 15.0. The predicted octanol–water partition coefficient (Wildman–Crippen LogP) is 3.04. The van der Waals surface area contributed by atoms with Gasteiger partial charge in [0.1, 0.15) is 0 Å². The summed E-state index contributed by atoms with van der Waals surface area (Å²) in [7, 11) is 0. The van der Waals surface area contributed by atoms with Crippen molar-refractivity contribution in [3.63, 3.8) is 0 Å². The summed E-state index contributed by atoms with van der Waals surface area (Å²) in [5, 5.41) is 4.07. The number of likely N-dealkylation sites (tertiary alicyclic amines) is 1. The maximum Gasteiger partial charge on any atom is 0.0641 e. The molecule has 3 fully saturated rings. The fraction of sp³-hybridized carbons (Fsp3) is 1.00. The summed E-state index contributed by atoms with van der Waals surface area (Å²) >= 11 is 0. The van der Waals surface area contributed by atoms with Gasteiger partial charge in [-0.25, -0.2) is 0 Å². The first kappa shape index (κ1) is 15.8. The van der Waals surface area contributed by atoms with E-state index in [1.54, 1.807) is 0 Å². The molecule has 3 rings (SSSR count). The molecule has 0 aromatic rings. The van der Waals surface area contributed by atoms with Gasteiger partial charge < -0.3 is 15.0 Å². The molecule has 0 aromatic carbocycles. The number of ether oxygens (including phenoxy) is 1. The van der Waals surface area contributed by atoms with Gasteiger partial charge in [-0.2, -0.15) is 0 Å². The Labute approximate surface area is 130 Å². The van der Waals surface area contributed by atoms with Crippen LogP contribution in [0.1, 0.15) is 59.8 Å². The van der Waals surface area contributed by atoms with Crippen LogP contribution in [0.15, 0.2) is 0 Å². The van der Waals surface area contributed by atoms with Crippen molar-refractivity contribution in [3.05, 3.63) is 0 Å². The van der Waals surface area contributed by atoms with Gasteiger partial charge in [0, 0.05) is 37.8 Å². The Morgan fingerprint density at radius 2 is 1.76 bits per heavy atom. The van der Waals surface area contributed by atoms with Crippen LogP contribution in [0.2, 0.25) is 0 Å². The molecule has 3 unspecified atom stereocenters. The van der Waals surface area contributed by atoms with Crippen LogP contribution < -0.4 is 5.32 Å². The monoisotopic (exact) mass is 294 g/mol. The van der Waals surface area contributed by atoms with Crippen molar-refractivity contribution in [1.82, 2.24) is 10.2 Å². The Kier molecular flexibility index (Phi) is 4.63. The second-order valence-electron chi connectivity index (χ2n) is 8.49. The number of piperidine rings is 1. The van der Waals surface area contributed by atoms with E-state index >= 15 is 0 Å². The molecule has 0 amide bonds. The van der Waals surface area contributed by atoms with Gasteiger partial charge in [0.05, 0.1) is 5.60 Å². The van der Waals surface area contributed by atoms with E-state index in [0.29, 0.717) is 12.1 Å². The van der Waals surface area contributed by atoms with Gasteiger partial charge in [0.2, 0.25) is 0 Å². The molecule has 2 saturated heterocycles. The van der Waals surface area contributed by atoms with E-state index in [9.17, 15) is 0 Å². The third-order valence-corrected chi connectivity index (χ3v) is 5.96. The molecule has 3 heteroatoms. The lowest BCUT2D eigenvalue weighted by Gasteiger charge is -2.51. The van der Waals surface area contributed by atoms with Crippen LogP contribution in [0.4, 0.5) is 0 Å². The highest BCUT2D eigenvalue weighted by Gasteiger charge is 2.41. The summed E-state index contributed by atoms with van der Waals surface area (Å²) in [6, 6.07) is 2.12. The third kappa shape index (κ3) is 3.62. The van der Waals surface area contributed by atoms with Crippen LogP contribution >= 0.6 is 0 Å². The summed E-state index contributed by atoms with van der Waals surface area (Å²) in [5.74, 6) is 1.73. The maximum atomic E-state index is 5.88. The van der Waals surface area contributed by atoms with Crippen LogP contribution in [-0.2, 0) is 4.74 Å². The number of hydrogen-bond donors (Lipinski definition) is 1. The molecule has 2 aliphatic heterocycles. The lowest BCUT2D eigenvalue weighted by Crippen LogP contribution is -2.61. The molecule has 2 heterocycles. The summed E-state index contributed by atoms with van der Waals surface area (Å²) < 4.78 is 5.88. The molecular weight excluding hydrogens is 260 g/mol. The van der Waals surface area contributed by atoms with E-state index in [0.717, 1.165) is 30.9 Å². The first-order chi connectivity index (χ1) is 9.94. The van der Waals surface area contributed by atoms with Gasteiger partial charge in [0.15, 0.2) is 0 Å². The van der Waals surface area contributed by atoms with Crippen LogP contribution in [0.5, 0.6) is 0 Å². The van der Waals surface area contributed by atoms with Gasteiger partial charge >= 0.3 is 0 Å². The molecule has 2 bridgehead atoms. The Bertz CT molecular complexity index is 341. The second kappa shape index (κ2) is 6.17. The van der Waals surface area contributed by atoms with Crippen molar-refractivity contribution in [2.24, 2.45) is 11.8 Å². The zero-order valence-electron chi connectivity index (χ0n) is 14.4. The molecule has 3 nitrogen and oxygen atoms in total. The Hall–Kier alpha value is -0.120. The van der Waals surface area contributed by atoms with Crippen molar-refractivity contribution in [2.45, 2.75) is 83.5 Å². The zero-order valence-corrected chi connectivity index (χ0v) is 14.4. The highest BCUT2D eigenvalue weighted by atomic mass is 16.5. The molecule has 0 aromatic heterocycles. The van der Waals surface area contributed by atoms with Gasteiger partial charge in [0.25, 0.3) is 0 Å². The number of nitrogens with one attached hydrogen (secondary N) is 1. The van der Waals surface area contributed by atoms with Gasteiger partial charge in [-0.05, 0) is 65.2 Å². The quantitative estimate of drug-likeness (QED) is 0.866. The third-order valence-electron chi connectivity index (χ3n) is 5.96. The topological polar surface area (TPSA) is 24.5 Å². The normalized spacial score (nSPS) is 40.4. The van der Waals surface area contributed by atoms with Crippen molar-refractivity contribution in [2.75, 3.05) is 19.7 Å². The first-order valence-electron chi connectivity index (χ1n) is 9.09. The fourth-order valence-electron chi connectivity index (χ4n) is 4.81. The van der Waals surface area contributed by atoms with Crippen molar-refractivity contribution in [1.29, 1.82) is 0 Å². The minimum atomic E-state index is 0.0592. The molecule has 1 N–H and O–H groups in total. The number of rotatable bonds is 3. The Morgan fingerprint density at radius 1 is 1.10 bits per heavy atom. The molecule has 1 saturated carbocycles. The number of nitrogens with zero attached hydrogens (tertiary/aromatic N) is 1. The molecule has 1 aliphatic carbocycles. The predicted molar refractivity (Wildman–Crippen MR) is 87.5 cm³/mol. The minimum Gasteiger partial charge on any atom is -0.375 e. The highest BCUT2D eigenvalue weighted by molar-refractivity contribution is 4.97.